The average molecular weight is 259 g/mol. The highest BCUT2D eigenvalue weighted by molar-refractivity contribution is 7.99. The maximum absolute atomic E-state index is 5.48. The zero-order valence-electron chi connectivity index (χ0n) is 9.65. The molecule has 2 rings (SSSR count). The van der Waals surface area contributed by atoms with Crippen LogP contribution in [0.4, 0.5) is 11.9 Å². The smallest absolute Gasteiger partial charge is 0.225 e. The van der Waals surface area contributed by atoms with E-state index in [9.17, 15) is 0 Å². The number of aromatic nitrogens is 3. The van der Waals surface area contributed by atoms with Crippen LogP contribution in [0.2, 0.25) is 0 Å². The minimum Gasteiger partial charge on any atom is -0.368 e. The molecule has 1 aromatic carbocycles. The van der Waals surface area contributed by atoms with E-state index in [1.54, 1.807) is 0 Å². The molecule has 0 atom stereocenters. The summed E-state index contributed by atoms with van der Waals surface area (Å²) in [4.78, 5) is 11.7. The quantitative estimate of drug-likeness (QED) is 0.814. The van der Waals surface area contributed by atoms with Crippen molar-refractivity contribution in [2.24, 2.45) is 0 Å². The molecular weight excluding hydrogens is 246 g/mol. The van der Waals surface area contributed by atoms with E-state index in [2.05, 4.69) is 15.0 Å². The molecule has 1 heterocycles. The van der Waals surface area contributed by atoms with E-state index < -0.39 is 0 Å². The number of hydrogen-bond acceptors (Lipinski definition) is 6. The second kappa shape index (κ2) is 6.02. The van der Waals surface area contributed by atoms with Crippen molar-refractivity contribution in [1.29, 1.82) is 0 Å². The molecule has 2 aromatic rings. The SMILES string of the molecule is Nc1nc(N)nc(SC/C=C/c2ccccc2)n1. The topological polar surface area (TPSA) is 90.7 Å². The predicted octanol–water partition coefficient (Wildman–Crippen LogP) is 1.84. The van der Waals surface area contributed by atoms with E-state index in [1.807, 2.05) is 42.5 Å². The summed E-state index contributed by atoms with van der Waals surface area (Å²) in [7, 11) is 0. The summed E-state index contributed by atoms with van der Waals surface area (Å²) in [5.74, 6) is 1.05. The van der Waals surface area contributed by atoms with Crippen LogP contribution in [0, 0.1) is 0 Å². The van der Waals surface area contributed by atoms with Crippen molar-refractivity contribution in [2.45, 2.75) is 5.16 Å². The molecule has 92 valence electrons. The van der Waals surface area contributed by atoms with Crippen molar-refractivity contribution in [2.75, 3.05) is 17.2 Å². The van der Waals surface area contributed by atoms with Crippen LogP contribution in [0.1, 0.15) is 5.56 Å². The summed E-state index contributed by atoms with van der Waals surface area (Å²) < 4.78 is 0. The summed E-state index contributed by atoms with van der Waals surface area (Å²) >= 11 is 1.46. The molecule has 0 spiro atoms. The summed E-state index contributed by atoms with van der Waals surface area (Å²) in [6.45, 7) is 0. The molecule has 0 bridgehead atoms. The van der Waals surface area contributed by atoms with Gasteiger partial charge in [0.25, 0.3) is 0 Å². The van der Waals surface area contributed by atoms with Crippen molar-refractivity contribution in [3.05, 3.63) is 42.0 Å². The van der Waals surface area contributed by atoms with Crippen molar-refractivity contribution in [1.82, 2.24) is 15.0 Å². The van der Waals surface area contributed by atoms with Gasteiger partial charge in [0, 0.05) is 5.75 Å². The maximum atomic E-state index is 5.48. The van der Waals surface area contributed by atoms with Crippen LogP contribution in [0.3, 0.4) is 0 Å². The van der Waals surface area contributed by atoms with E-state index in [-0.39, 0.29) is 11.9 Å². The van der Waals surface area contributed by atoms with Crippen LogP contribution in [0.5, 0.6) is 0 Å². The Morgan fingerprint density at radius 2 is 1.67 bits per heavy atom. The van der Waals surface area contributed by atoms with Gasteiger partial charge in [0.15, 0.2) is 5.16 Å². The maximum Gasteiger partial charge on any atom is 0.225 e. The lowest BCUT2D eigenvalue weighted by Gasteiger charge is -1.99. The molecule has 0 radical (unpaired) electrons. The van der Waals surface area contributed by atoms with E-state index in [1.165, 1.54) is 11.8 Å². The van der Waals surface area contributed by atoms with Gasteiger partial charge >= 0.3 is 0 Å². The lowest BCUT2D eigenvalue weighted by molar-refractivity contribution is 0.931. The number of rotatable bonds is 4. The van der Waals surface area contributed by atoms with E-state index >= 15 is 0 Å². The fraction of sp³-hybridized carbons (Fsp3) is 0.0833. The minimum absolute atomic E-state index is 0.150. The van der Waals surface area contributed by atoms with Crippen LogP contribution >= 0.6 is 11.8 Å². The third kappa shape index (κ3) is 3.74. The Kier molecular flexibility index (Phi) is 4.14. The fourth-order valence-corrected chi connectivity index (χ4v) is 1.98. The zero-order chi connectivity index (χ0) is 12.8. The van der Waals surface area contributed by atoms with Crippen LogP contribution in [0.25, 0.3) is 6.08 Å². The molecule has 18 heavy (non-hydrogen) atoms. The third-order valence-electron chi connectivity index (χ3n) is 2.07. The Balaban J connectivity index is 1.90. The average Bonchev–Trinajstić information content (AvgIpc) is 2.35. The highest BCUT2D eigenvalue weighted by Gasteiger charge is 2.00. The summed E-state index contributed by atoms with van der Waals surface area (Å²) in [6, 6.07) is 10.1. The molecule has 1 aromatic heterocycles. The molecular formula is C12H13N5S. The molecule has 0 saturated carbocycles. The van der Waals surface area contributed by atoms with Crippen molar-refractivity contribution in [3.8, 4) is 0 Å². The van der Waals surface area contributed by atoms with Crippen LogP contribution < -0.4 is 11.5 Å². The molecule has 4 N–H and O–H groups in total. The van der Waals surface area contributed by atoms with Gasteiger partial charge in [-0.2, -0.15) is 15.0 Å². The molecule has 5 nitrogen and oxygen atoms in total. The van der Waals surface area contributed by atoms with Gasteiger partial charge in [-0.05, 0) is 5.56 Å². The standard InChI is InChI=1S/C12H13N5S/c13-10-15-11(14)17-12(16-10)18-8-4-7-9-5-2-1-3-6-9/h1-7H,8H2,(H4,13,14,15,16,17)/b7-4+. The highest BCUT2D eigenvalue weighted by atomic mass is 32.2. The molecule has 0 aliphatic rings. The predicted molar refractivity (Wildman–Crippen MR) is 74.9 cm³/mol. The first-order valence-corrected chi connectivity index (χ1v) is 6.34. The zero-order valence-corrected chi connectivity index (χ0v) is 10.5. The molecule has 6 heteroatoms. The Morgan fingerprint density at radius 3 is 2.33 bits per heavy atom. The van der Waals surface area contributed by atoms with Gasteiger partial charge in [-0.3, -0.25) is 0 Å². The van der Waals surface area contributed by atoms with E-state index in [0.717, 1.165) is 11.3 Å². The summed E-state index contributed by atoms with van der Waals surface area (Å²) in [5, 5.41) is 0.540. The molecule has 0 saturated heterocycles. The number of thioether (sulfide) groups is 1. The van der Waals surface area contributed by atoms with Crippen molar-refractivity contribution < 1.29 is 0 Å². The number of nitrogens with two attached hydrogens (primary N) is 2. The molecule has 0 unspecified atom stereocenters. The molecule has 0 fully saturated rings. The second-order valence-corrected chi connectivity index (χ2v) is 4.45. The van der Waals surface area contributed by atoms with Gasteiger partial charge in [0.2, 0.25) is 11.9 Å². The van der Waals surface area contributed by atoms with Gasteiger partial charge in [0.05, 0.1) is 0 Å². The number of nitrogens with zero attached hydrogens (tertiary/aromatic N) is 3. The number of hydrogen-bond donors (Lipinski definition) is 2. The largest absolute Gasteiger partial charge is 0.368 e. The summed E-state index contributed by atoms with van der Waals surface area (Å²) in [5.41, 5.74) is 12.1. The Hall–Kier alpha value is -2.08. The fourth-order valence-electron chi connectivity index (χ4n) is 1.32. The Morgan fingerprint density at radius 1 is 1.00 bits per heavy atom. The number of benzene rings is 1. The van der Waals surface area contributed by atoms with E-state index in [4.69, 9.17) is 11.5 Å². The van der Waals surface area contributed by atoms with Gasteiger partial charge < -0.3 is 11.5 Å². The van der Waals surface area contributed by atoms with Crippen molar-refractivity contribution in [3.63, 3.8) is 0 Å². The third-order valence-corrected chi connectivity index (χ3v) is 2.87. The van der Waals surface area contributed by atoms with Crippen LogP contribution in [-0.4, -0.2) is 20.7 Å². The highest BCUT2D eigenvalue weighted by Crippen LogP contribution is 2.14. The minimum atomic E-state index is 0.150. The number of nitrogen functional groups attached to an aromatic ring is 2. The lowest BCUT2D eigenvalue weighted by Crippen LogP contribution is -2.03. The van der Waals surface area contributed by atoms with Gasteiger partial charge in [-0.1, -0.05) is 54.2 Å². The van der Waals surface area contributed by atoms with Gasteiger partial charge in [-0.25, -0.2) is 0 Å². The molecule has 0 aliphatic heterocycles. The number of anilines is 2. The first-order valence-electron chi connectivity index (χ1n) is 5.35. The van der Waals surface area contributed by atoms with Crippen molar-refractivity contribution >= 4 is 29.7 Å². The summed E-state index contributed by atoms with van der Waals surface area (Å²) in [6.07, 6.45) is 4.08. The van der Waals surface area contributed by atoms with Crippen LogP contribution in [-0.2, 0) is 0 Å². The molecule has 0 amide bonds. The van der Waals surface area contributed by atoms with Gasteiger partial charge in [0.1, 0.15) is 0 Å². The Bertz CT molecular complexity index is 521. The van der Waals surface area contributed by atoms with Gasteiger partial charge in [-0.15, -0.1) is 0 Å². The first-order chi connectivity index (χ1) is 8.74. The Labute approximate surface area is 109 Å². The molecule has 0 aliphatic carbocycles. The monoisotopic (exact) mass is 259 g/mol. The lowest BCUT2D eigenvalue weighted by atomic mass is 10.2. The first kappa shape index (κ1) is 12.4. The van der Waals surface area contributed by atoms with Crippen LogP contribution in [0.15, 0.2) is 41.6 Å². The normalized spacial score (nSPS) is 10.9. The van der Waals surface area contributed by atoms with E-state index in [0.29, 0.717) is 5.16 Å². The second-order valence-electron chi connectivity index (χ2n) is 3.46.